The summed E-state index contributed by atoms with van der Waals surface area (Å²) in [5, 5.41) is 1.73. The smallest absolute Gasteiger partial charge is 0.253 e. The normalized spacial score (nSPS) is 14.8. The molecule has 5 heteroatoms. The lowest BCUT2D eigenvalue weighted by Gasteiger charge is -2.36. The van der Waals surface area contributed by atoms with Crippen molar-refractivity contribution >= 4 is 34.1 Å². The number of pyridine rings is 1. The third kappa shape index (κ3) is 3.30. The van der Waals surface area contributed by atoms with E-state index in [9.17, 15) is 4.79 Å². The molecule has 1 aliphatic rings. The molecule has 2 heterocycles. The SMILES string of the molecule is O=C(c1ccc2ncccc2c1)N1CCN(c2ccc(Cl)cc2)CC1. The molecular formula is C20H18ClN3O. The molecule has 4 rings (SSSR count). The van der Waals surface area contributed by atoms with E-state index in [1.54, 1.807) is 6.20 Å². The molecule has 1 saturated heterocycles. The van der Waals surface area contributed by atoms with Crippen LogP contribution in [0.25, 0.3) is 10.9 Å². The van der Waals surface area contributed by atoms with Crippen molar-refractivity contribution in [2.75, 3.05) is 31.1 Å². The average Bonchev–Trinajstić information content (AvgIpc) is 2.68. The molecule has 1 amide bonds. The molecule has 0 bridgehead atoms. The molecule has 2 aromatic carbocycles. The Bertz CT molecular complexity index is 902. The van der Waals surface area contributed by atoms with E-state index in [0.717, 1.165) is 40.3 Å². The lowest BCUT2D eigenvalue weighted by atomic mass is 10.1. The Balaban J connectivity index is 1.46. The van der Waals surface area contributed by atoms with Crippen molar-refractivity contribution in [2.45, 2.75) is 0 Å². The molecule has 0 aliphatic carbocycles. The van der Waals surface area contributed by atoms with Crippen molar-refractivity contribution in [3.8, 4) is 0 Å². The Morgan fingerprint density at radius 1 is 0.960 bits per heavy atom. The van der Waals surface area contributed by atoms with Crippen LogP contribution in [-0.2, 0) is 0 Å². The van der Waals surface area contributed by atoms with Crippen molar-refractivity contribution in [3.05, 3.63) is 71.4 Å². The van der Waals surface area contributed by atoms with Crippen molar-refractivity contribution in [1.82, 2.24) is 9.88 Å². The minimum atomic E-state index is 0.0847. The van der Waals surface area contributed by atoms with Gasteiger partial charge in [-0.05, 0) is 48.5 Å². The van der Waals surface area contributed by atoms with E-state index < -0.39 is 0 Å². The average molecular weight is 352 g/mol. The first-order valence-corrected chi connectivity index (χ1v) is 8.73. The number of hydrogen-bond donors (Lipinski definition) is 0. The lowest BCUT2D eigenvalue weighted by molar-refractivity contribution is 0.0747. The maximum Gasteiger partial charge on any atom is 0.253 e. The van der Waals surface area contributed by atoms with Crippen molar-refractivity contribution in [1.29, 1.82) is 0 Å². The summed E-state index contributed by atoms with van der Waals surface area (Å²) >= 11 is 5.95. The predicted octanol–water partition coefficient (Wildman–Crippen LogP) is 3.85. The quantitative estimate of drug-likeness (QED) is 0.703. The van der Waals surface area contributed by atoms with Gasteiger partial charge >= 0.3 is 0 Å². The monoisotopic (exact) mass is 351 g/mol. The van der Waals surface area contributed by atoms with E-state index in [1.165, 1.54) is 0 Å². The van der Waals surface area contributed by atoms with Gasteiger partial charge in [0.2, 0.25) is 0 Å². The fourth-order valence-corrected chi connectivity index (χ4v) is 3.34. The Morgan fingerprint density at radius 2 is 1.72 bits per heavy atom. The molecular weight excluding hydrogens is 334 g/mol. The largest absolute Gasteiger partial charge is 0.368 e. The highest BCUT2D eigenvalue weighted by molar-refractivity contribution is 6.30. The standard InChI is InChI=1S/C20H18ClN3O/c21-17-4-6-18(7-5-17)23-10-12-24(13-11-23)20(25)16-3-8-19-15(14-16)2-1-9-22-19/h1-9,14H,10-13H2. The Hall–Kier alpha value is -2.59. The molecule has 0 N–H and O–H groups in total. The van der Waals surface area contributed by atoms with E-state index in [0.29, 0.717) is 13.1 Å². The molecule has 0 atom stereocenters. The minimum absolute atomic E-state index is 0.0847. The zero-order valence-electron chi connectivity index (χ0n) is 13.7. The molecule has 0 saturated carbocycles. The summed E-state index contributed by atoms with van der Waals surface area (Å²) in [6.07, 6.45) is 1.76. The number of halogens is 1. The molecule has 1 aromatic heterocycles. The second-order valence-corrected chi connectivity index (χ2v) is 6.60. The molecule has 0 unspecified atom stereocenters. The summed E-state index contributed by atoms with van der Waals surface area (Å²) in [6.45, 7) is 3.07. The van der Waals surface area contributed by atoms with E-state index in [4.69, 9.17) is 11.6 Å². The van der Waals surface area contributed by atoms with Crippen molar-refractivity contribution in [2.24, 2.45) is 0 Å². The van der Waals surface area contributed by atoms with Crippen LogP contribution in [0.5, 0.6) is 0 Å². The molecule has 0 spiro atoms. The highest BCUT2D eigenvalue weighted by Gasteiger charge is 2.22. The first-order valence-electron chi connectivity index (χ1n) is 8.35. The van der Waals surface area contributed by atoms with Gasteiger partial charge in [-0.15, -0.1) is 0 Å². The number of amides is 1. The number of aromatic nitrogens is 1. The highest BCUT2D eigenvalue weighted by atomic mass is 35.5. The number of hydrogen-bond acceptors (Lipinski definition) is 3. The summed E-state index contributed by atoms with van der Waals surface area (Å²) in [7, 11) is 0. The number of nitrogens with zero attached hydrogens (tertiary/aromatic N) is 3. The first-order chi connectivity index (χ1) is 12.2. The van der Waals surface area contributed by atoms with Crippen molar-refractivity contribution < 1.29 is 4.79 Å². The second-order valence-electron chi connectivity index (χ2n) is 6.17. The molecule has 1 aliphatic heterocycles. The van der Waals surface area contributed by atoms with Crippen LogP contribution in [-0.4, -0.2) is 42.0 Å². The van der Waals surface area contributed by atoms with Crippen LogP contribution >= 0.6 is 11.6 Å². The number of carbonyl (C=O) groups is 1. The van der Waals surface area contributed by atoms with Crippen LogP contribution in [0.2, 0.25) is 5.02 Å². The number of piperazine rings is 1. The summed E-state index contributed by atoms with van der Waals surface area (Å²) in [4.78, 5) is 21.3. The highest BCUT2D eigenvalue weighted by Crippen LogP contribution is 2.21. The van der Waals surface area contributed by atoms with Gasteiger partial charge < -0.3 is 9.80 Å². The van der Waals surface area contributed by atoms with E-state index in [2.05, 4.69) is 9.88 Å². The predicted molar refractivity (Wildman–Crippen MR) is 101 cm³/mol. The summed E-state index contributed by atoms with van der Waals surface area (Å²) in [5.74, 6) is 0.0847. The molecule has 1 fully saturated rings. The van der Waals surface area contributed by atoms with Crippen LogP contribution in [0.4, 0.5) is 5.69 Å². The maximum atomic E-state index is 12.8. The third-order valence-electron chi connectivity index (χ3n) is 4.61. The number of fused-ring (bicyclic) bond motifs is 1. The van der Waals surface area contributed by atoms with Crippen LogP contribution in [0.15, 0.2) is 60.8 Å². The summed E-state index contributed by atoms with van der Waals surface area (Å²) in [5.41, 5.74) is 2.78. The second kappa shape index (κ2) is 6.73. The van der Waals surface area contributed by atoms with Crippen LogP contribution < -0.4 is 4.90 Å². The van der Waals surface area contributed by atoms with Crippen LogP contribution in [0, 0.1) is 0 Å². The summed E-state index contributed by atoms with van der Waals surface area (Å²) in [6, 6.07) is 17.4. The zero-order chi connectivity index (χ0) is 17.2. The van der Waals surface area contributed by atoms with Gasteiger partial charge in [0.05, 0.1) is 5.52 Å². The van der Waals surface area contributed by atoms with Crippen molar-refractivity contribution in [3.63, 3.8) is 0 Å². The number of carbonyl (C=O) groups excluding carboxylic acids is 1. The van der Waals surface area contributed by atoms with Gasteiger partial charge in [-0.1, -0.05) is 17.7 Å². The van der Waals surface area contributed by atoms with Gasteiger partial charge in [-0.3, -0.25) is 9.78 Å². The molecule has 126 valence electrons. The number of benzene rings is 2. The fraction of sp³-hybridized carbons (Fsp3) is 0.200. The Morgan fingerprint density at radius 3 is 2.48 bits per heavy atom. The zero-order valence-corrected chi connectivity index (χ0v) is 14.5. The van der Waals surface area contributed by atoms with E-state index in [1.807, 2.05) is 59.5 Å². The topological polar surface area (TPSA) is 36.4 Å². The molecule has 25 heavy (non-hydrogen) atoms. The van der Waals surface area contributed by atoms with Gasteiger partial charge in [0.15, 0.2) is 0 Å². The van der Waals surface area contributed by atoms with Gasteiger partial charge in [-0.25, -0.2) is 0 Å². The first kappa shape index (κ1) is 15.9. The van der Waals surface area contributed by atoms with Gasteiger partial charge in [0.25, 0.3) is 5.91 Å². The Labute approximate surface area is 151 Å². The molecule has 0 radical (unpaired) electrons. The minimum Gasteiger partial charge on any atom is -0.368 e. The molecule has 3 aromatic rings. The van der Waals surface area contributed by atoms with Gasteiger partial charge in [-0.2, -0.15) is 0 Å². The lowest BCUT2D eigenvalue weighted by Crippen LogP contribution is -2.48. The third-order valence-corrected chi connectivity index (χ3v) is 4.86. The Kier molecular flexibility index (Phi) is 4.28. The molecule has 4 nitrogen and oxygen atoms in total. The van der Waals surface area contributed by atoms with Gasteiger partial charge in [0.1, 0.15) is 0 Å². The van der Waals surface area contributed by atoms with E-state index >= 15 is 0 Å². The van der Waals surface area contributed by atoms with Crippen LogP contribution in [0.3, 0.4) is 0 Å². The fourth-order valence-electron chi connectivity index (χ4n) is 3.21. The summed E-state index contributed by atoms with van der Waals surface area (Å²) < 4.78 is 0. The van der Waals surface area contributed by atoms with E-state index in [-0.39, 0.29) is 5.91 Å². The number of anilines is 1. The van der Waals surface area contributed by atoms with Crippen LogP contribution in [0.1, 0.15) is 10.4 Å². The maximum absolute atomic E-state index is 12.8. The van der Waals surface area contributed by atoms with Gasteiger partial charge in [0, 0.05) is 54.0 Å². The number of rotatable bonds is 2.